The summed E-state index contributed by atoms with van der Waals surface area (Å²) in [4.78, 5) is 16.2. The SMILES string of the molecule is N#CCCN(CCC#N)C(=O)CN1CCCc2ccccc21. The monoisotopic (exact) mass is 296 g/mol. The van der Waals surface area contributed by atoms with Crippen LogP contribution in [0.5, 0.6) is 0 Å². The highest BCUT2D eigenvalue weighted by Crippen LogP contribution is 2.26. The molecule has 0 N–H and O–H groups in total. The van der Waals surface area contributed by atoms with Gasteiger partial charge in [-0.2, -0.15) is 10.5 Å². The first-order valence-electron chi connectivity index (χ1n) is 7.61. The number of hydrogen-bond donors (Lipinski definition) is 0. The van der Waals surface area contributed by atoms with Crippen molar-refractivity contribution in [2.75, 3.05) is 31.1 Å². The van der Waals surface area contributed by atoms with Gasteiger partial charge < -0.3 is 9.80 Å². The minimum absolute atomic E-state index is 0.0118. The zero-order valence-corrected chi connectivity index (χ0v) is 12.7. The van der Waals surface area contributed by atoms with Gasteiger partial charge in [-0.3, -0.25) is 4.79 Å². The maximum Gasteiger partial charge on any atom is 0.242 e. The molecular weight excluding hydrogens is 276 g/mol. The predicted octanol–water partition coefficient (Wildman–Crippen LogP) is 2.10. The number of amides is 1. The normalized spacial score (nSPS) is 12.9. The van der Waals surface area contributed by atoms with E-state index in [-0.39, 0.29) is 5.91 Å². The van der Waals surface area contributed by atoms with Crippen LogP contribution >= 0.6 is 0 Å². The fourth-order valence-electron chi connectivity index (χ4n) is 2.77. The van der Waals surface area contributed by atoms with E-state index >= 15 is 0 Å². The van der Waals surface area contributed by atoms with Crippen molar-refractivity contribution >= 4 is 11.6 Å². The summed E-state index contributed by atoms with van der Waals surface area (Å²) in [5.74, 6) is -0.0118. The van der Waals surface area contributed by atoms with E-state index in [1.54, 1.807) is 4.90 Å². The Balaban J connectivity index is 2.04. The fourth-order valence-corrected chi connectivity index (χ4v) is 2.77. The molecule has 0 fully saturated rings. The number of anilines is 1. The molecule has 5 nitrogen and oxygen atoms in total. The molecule has 5 heteroatoms. The number of para-hydroxylation sites is 1. The summed E-state index contributed by atoms with van der Waals surface area (Å²) >= 11 is 0. The summed E-state index contributed by atoms with van der Waals surface area (Å²) in [6, 6.07) is 12.3. The van der Waals surface area contributed by atoms with Crippen molar-refractivity contribution in [3.63, 3.8) is 0 Å². The van der Waals surface area contributed by atoms with Gasteiger partial charge >= 0.3 is 0 Å². The van der Waals surface area contributed by atoms with Crippen molar-refractivity contribution in [3.8, 4) is 12.1 Å². The van der Waals surface area contributed by atoms with Crippen molar-refractivity contribution in [2.45, 2.75) is 25.7 Å². The maximum atomic E-state index is 12.5. The van der Waals surface area contributed by atoms with Gasteiger partial charge in [0.2, 0.25) is 5.91 Å². The van der Waals surface area contributed by atoms with E-state index in [9.17, 15) is 4.79 Å². The summed E-state index contributed by atoms with van der Waals surface area (Å²) < 4.78 is 0. The van der Waals surface area contributed by atoms with Gasteiger partial charge in [-0.25, -0.2) is 0 Å². The highest BCUT2D eigenvalue weighted by atomic mass is 16.2. The number of nitriles is 2. The number of hydrogen-bond acceptors (Lipinski definition) is 4. The second kappa shape index (κ2) is 8.05. The molecule has 0 bridgehead atoms. The van der Waals surface area contributed by atoms with Gasteiger partial charge in [-0.1, -0.05) is 18.2 Å². The highest BCUT2D eigenvalue weighted by Gasteiger charge is 2.21. The van der Waals surface area contributed by atoms with Crippen molar-refractivity contribution in [2.24, 2.45) is 0 Å². The molecule has 1 aromatic carbocycles. The van der Waals surface area contributed by atoms with Gasteiger partial charge in [0.25, 0.3) is 0 Å². The molecule has 22 heavy (non-hydrogen) atoms. The van der Waals surface area contributed by atoms with E-state index in [1.807, 2.05) is 12.1 Å². The molecule has 1 aliphatic rings. The van der Waals surface area contributed by atoms with Crippen LogP contribution in [0.1, 0.15) is 24.8 Å². The minimum atomic E-state index is -0.0118. The quantitative estimate of drug-likeness (QED) is 0.806. The lowest BCUT2D eigenvalue weighted by molar-refractivity contribution is -0.129. The molecule has 0 saturated heterocycles. The third-order valence-corrected chi connectivity index (χ3v) is 3.87. The lowest BCUT2D eigenvalue weighted by Crippen LogP contribution is -2.43. The molecule has 114 valence electrons. The van der Waals surface area contributed by atoms with E-state index in [1.165, 1.54) is 5.56 Å². The Kier molecular flexibility index (Phi) is 5.80. The molecule has 1 amide bonds. The number of carbonyl (C=O) groups excluding carboxylic acids is 1. The van der Waals surface area contributed by atoms with Gasteiger partial charge in [-0.05, 0) is 24.5 Å². The molecule has 0 aromatic heterocycles. The Hall–Kier alpha value is -2.53. The lowest BCUT2D eigenvalue weighted by Gasteiger charge is -2.32. The van der Waals surface area contributed by atoms with E-state index in [0.29, 0.717) is 32.5 Å². The van der Waals surface area contributed by atoms with Gasteiger partial charge in [0.05, 0.1) is 31.5 Å². The summed E-state index contributed by atoms with van der Waals surface area (Å²) in [7, 11) is 0. The van der Waals surface area contributed by atoms with Crippen molar-refractivity contribution in [1.29, 1.82) is 10.5 Å². The number of aryl methyl sites for hydroxylation is 1. The number of rotatable bonds is 6. The lowest BCUT2D eigenvalue weighted by atomic mass is 10.0. The molecule has 0 unspecified atom stereocenters. The van der Waals surface area contributed by atoms with Crippen LogP contribution in [0.2, 0.25) is 0 Å². The molecule has 1 aromatic rings. The number of benzene rings is 1. The Bertz CT molecular complexity index is 581. The Morgan fingerprint density at radius 2 is 1.86 bits per heavy atom. The van der Waals surface area contributed by atoms with Crippen LogP contribution in [0.3, 0.4) is 0 Å². The first-order valence-corrected chi connectivity index (χ1v) is 7.61. The zero-order chi connectivity index (χ0) is 15.8. The van der Waals surface area contributed by atoms with Gasteiger partial charge in [0, 0.05) is 25.3 Å². The summed E-state index contributed by atoms with van der Waals surface area (Å²) in [5.41, 5.74) is 2.41. The number of nitrogens with zero attached hydrogens (tertiary/aromatic N) is 4. The van der Waals surface area contributed by atoms with Gasteiger partial charge in [0.1, 0.15) is 0 Å². The Morgan fingerprint density at radius 3 is 2.55 bits per heavy atom. The first kappa shape index (κ1) is 15.9. The third kappa shape index (κ3) is 3.99. The van der Waals surface area contributed by atoms with Crippen molar-refractivity contribution in [1.82, 2.24) is 4.90 Å². The molecule has 0 atom stereocenters. The second-order valence-corrected chi connectivity index (χ2v) is 5.35. The molecule has 0 radical (unpaired) electrons. The summed E-state index contributed by atoms with van der Waals surface area (Å²) in [6.07, 6.45) is 2.69. The average Bonchev–Trinajstić information content (AvgIpc) is 2.55. The van der Waals surface area contributed by atoms with Crippen LogP contribution in [-0.4, -0.2) is 37.0 Å². The predicted molar refractivity (Wildman–Crippen MR) is 84.0 cm³/mol. The third-order valence-electron chi connectivity index (χ3n) is 3.87. The first-order chi connectivity index (χ1) is 10.8. The number of fused-ring (bicyclic) bond motifs is 1. The largest absolute Gasteiger partial charge is 0.362 e. The standard InChI is InChI=1S/C17H20N4O/c18-9-4-12-20(13-5-10-19)17(22)14-21-11-3-7-15-6-1-2-8-16(15)21/h1-2,6,8H,3-5,7,11-14H2. The van der Waals surface area contributed by atoms with E-state index in [2.05, 4.69) is 29.2 Å². The fraction of sp³-hybridized carbons (Fsp3) is 0.471. The average molecular weight is 296 g/mol. The van der Waals surface area contributed by atoms with E-state index < -0.39 is 0 Å². The van der Waals surface area contributed by atoms with Crippen molar-refractivity contribution in [3.05, 3.63) is 29.8 Å². The van der Waals surface area contributed by atoms with E-state index in [0.717, 1.165) is 25.1 Å². The Labute approximate surface area is 131 Å². The summed E-state index contributed by atoms with van der Waals surface area (Å²) in [6.45, 7) is 1.97. The zero-order valence-electron chi connectivity index (χ0n) is 12.7. The van der Waals surface area contributed by atoms with Crippen molar-refractivity contribution < 1.29 is 4.79 Å². The Morgan fingerprint density at radius 1 is 1.18 bits per heavy atom. The second-order valence-electron chi connectivity index (χ2n) is 5.35. The van der Waals surface area contributed by atoms with Crippen LogP contribution in [-0.2, 0) is 11.2 Å². The van der Waals surface area contributed by atoms with Crippen LogP contribution in [0.25, 0.3) is 0 Å². The van der Waals surface area contributed by atoms with Gasteiger partial charge in [0.15, 0.2) is 0 Å². The molecule has 1 heterocycles. The van der Waals surface area contributed by atoms with Gasteiger partial charge in [-0.15, -0.1) is 0 Å². The molecule has 0 saturated carbocycles. The number of carbonyl (C=O) groups is 1. The smallest absolute Gasteiger partial charge is 0.242 e. The van der Waals surface area contributed by atoms with E-state index in [4.69, 9.17) is 10.5 Å². The minimum Gasteiger partial charge on any atom is -0.362 e. The highest BCUT2D eigenvalue weighted by molar-refractivity contribution is 5.82. The topological polar surface area (TPSA) is 71.1 Å². The molecule has 0 spiro atoms. The molecule has 2 rings (SSSR count). The molecule has 1 aliphatic heterocycles. The van der Waals surface area contributed by atoms with Crippen LogP contribution in [0.15, 0.2) is 24.3 Å². The molecule has 0 aliphatic carbocycles. The van der Waals surface area contributed by atoms with Crippen LogP contribution < -0.4 is 4.90 Å². The summed E-state index contributed by atoms with van der Waals surface area (Å²) in [5, 5.41) is 17.4. The molecular formula is C17H20N4O. The maximum absolute atomic E-state index is 12.5. The van der Waals surface area contributed by atoms with Crippen LogP contribution in [0.4, 0.5) is 5.69 Å². The van der Waals surface area contributed by atoms with Crippen LogP contribution in [0, 0.1) is 22.7 Å².